The first-order chi connectivity index (χ1) is 4.40. The first-order valence-electron chi connectivity index (χ1n) is 3.34. The molecule has 2 fully saturated rings. The minimum atomic E-state index is 0. The summed E-state index contributed by atoms with van der Waals surface area (Å²) in [5, 5.41) is 3.32. The summed E-state index contributed by atoms with van der Waals surface area (Å²) in [6.45, 7) is 1.93. The van der Waals surface area contributed by atoms with Crippen LogP contribution in [0.1, 0.15) is 6.42 Å². The Hall–Kier alpha value is 0.01000. The standard InChI is InChI=1S/C6H10N2O.2ClH/c9-4-8-3-5-1-6(8)2-7-5;;/h4-7H,1-3H2;2*1H. The molecule has 2 heterocycles. The van der Waals surface area contributed by atoms with Gasteiger partial charge in [0, 0.05) is 25.2 Å². The van der Waals surface area contributed by atoms with E-state index < -0.39 is 0 Å². The molecule has 0 spiro atoms. The predicted molar refractivity (Wildman–Crippen MR) is 47.5 cm³/mol. The van der Waals surface area contributed by atoms with Crippen LogP contribution in [0.3, 0.4) is 0 Å². The van der Waals surface area contributed by atoms with Crippen LogP contribution in [0, 0.1) is 0 Å². The van der Waals surface area contributed by atoms with Crippen LogP contribution in [0.25, 0.3) is 0 Å². The van der Waals surface area contributed by atoms with Gasteiger partial charge in [-0.1, -0.05) is 0 Å². The number of carbonyl (C=O) groups excluding carboxylic acids is 1. The van der Waals surface area contributed by atoms with Gasteiger partial charge in [0.1, 0.15) is 0 Å². The topological polar surface area (TPSA) is 32.3 Å². The average Bonchev–Trinajstić information content (AvgIpc) is 2.45. The third kappa shape index (κ3) is 1.78. The fraction of sp³-hybridized carbons (Fsp3) is 0.833. The highest BCUT2D eigenvalue weighted by molar-refractivity contribution is 5.85. The van der Waals surface area contributed by atoms with Gasteiger partial charge in [-0.3, -0.25) is 4.79 Å². The molecule has 2 unspecified atom stereocenters. The number of halogens is 2. The largest absolute Gasteiger partial charge is 0.339 e. The fourth-order valence-corrected chi connectivity index (χ4v) is 1.72. The molecule has 0 aromatic carbocycles. The van der Waals surface area contributed by atoms with Crippen LogP contribution in [0.4, 0.5) is 0 Å². The molecular weight excluding hydrogens is 187 g/mol. The van der Waals surface area contributed by atoms with E-state index in [1.54, 1.807) is 0 Å². The first kappa shape index (κ1) is 11.0. The van der Waals surface area contributed by atoms with Crippen molar-refractivity contribution in [1.82, 2.24) is 10.2 Å². The van der Waals surface area contributed by atoms with Crippen LogP contribution in [0.5, 0.6) is 0 Å². The van der Waals surface area contributed by atoms with Crippen LogP contribution < -0.4 is 5.32 Å². The van der Waals surface area contributed by atoms with Crippen LogP contribution in [-0.2, 0) is 4.79 Å². The SMILES string of the molecule is Cl.Cl.O=CN1CC2CC1CN2. The Morgan fingerprint density at radius 2 is 2.18 bits per heavy atom. The van der Waals surface area contributed by atoms with E-state index in [4.69, 9.17) is 0 Å². The number of rotatable bonds is 1. The highest BCUT2D eigenvalue weighted by Gasteiger charge is 2.36. The van der Waals surface area contributed by atoms with Crippen LogP contribution in [0.2, 0.25) is 0 Å². The average molecular weight is 199 g/mol. The Morgan fingerprint density at radius 1 is 1.45 bits per heavy atom. The Labute approximate surface area is 78.3 Å². The molecule has 0 radical (unpaired) electrons. The van der Waals surface area contributed by atoms with Gasteiger partial charge in [-0.2, -0.15) is 0 Å². The summed E-state index contributed by atoms with van der Waals surface area (Å²) in [6, 6.07) is 1.10. The van der Waals surface area contributed by atoms with Gasteiger partial charge in [0.25, 0.3) is 0 Å². The number of carbonyl (C=O) groups is 1. The Kier molecular flexibility index (Phi) is 4.14. The lowest BCUT2D eigenvalue weighted by Gasteiger charge is -2.22. The molecule has 5 heteroatoms. The van der Waals surface area contributed by atoms with Gasteiger partial charge in [-0.25, -0.2) is 0 Å². The van der Waals surface area contributed by atoms with Gasteiger partial charge in [-0.05, 0) is 6.42 Å². The maximum atomic E-state index is 10.3. The molecule has 66 valence electrons. The van der Waals surface area contributed by atoms with E-state index in [-0.39, 0.29) is 24.8 Å². The van der Waals surface area contributed by atoms with Gasteiger partial charge in [-0.15, -0.1) is 24.8 Å². The summed E-state index contributed by atoms with van der Waals surface area (Å²) in [7, 11) is 0. The zero-order chi connectivity index (χ0) is 6.27. The summed E-state index contributed by atoms with van der Waals surface area (Å²) < 4.78 is 0. The number of likely N-dealkylation sites (tertiary alicyclic amines) is 1. The molecule has 0 aliphatic carbocycles. The monoisotopic (exact) mass is 198 g/mol. The second-order valence-electron chi connectivity index (χ2n) is 2.80. The van der Waals surface area contributed by atoms with E-state index in [1.165, 1.54) is 6.42 Å². The predicted octanol–water partition coefficient (Wildman–Crippen LogP) is 0.0325. The molecule has 0 aromatic heterocycles. The Balaban J connectivity index is 0.000000500. The Bertz CT molecular complexity index is 145. The molecular formula is C6H12Cl2N2O. The van der Waals surface area contributed by atoms with E-state index in [0.29, 0.717) is 12.1 Å². The molecule has 2 bridgehead atoms. The number of nitrogens with zero attached hydrogens (tertiary/aromatic N) is 1. The summed E-state index contributed by atoms with van der Waals surface area (Å²) in [4.78, 5) is 12.2. The van der Waals surface area contributed by atoms with Crippen molar-refractivity contribution in [3.05, 3.63) is 0 Å². The number of amides is 1. The zero-order valence-electron chi connectivity index (χ0n) is 6.03. The molecule has 0 saturated carbocycles. The van der Waals surface area contributed by atoms with E-state index in [1.807, 2.05) is 4.90 Å². The van der Waals surface area contributed by atoms with Crippen molar-refractivity contribution in [2.45, 2.75) is 18.5 Å². The molecule has 11 heavy (non-hydrogen) atoms. The van der Waals surface area contributed by atoms with E-state index in [9.17, 15) is 4.79 Å². The molecule has 3 nitrogen and oxygen atoms in total. The summed E-state index contributed by atoms with van der Waals surface area (Å²) in [5.74, 6) is 0. The van der Waals surface area contributed by atoms with Crippen molar-refractivity contribution < 1.29 is 4.79 Å². The molecule has 2 saturated heterocycles. The molecule has 0 aromatic rings. The van der Waals surface area contributed by atoms with E-state index in [2.05, 4.69) is 5.32 Å². The van der Waals surface area contributed by atoms with Crippen LogP contribution in [0.15, 0.2) is 0 Å². The molecule has 2 aliphatic rings. The third-order valence-corrected chi connectivity index (χ3v) is 2.23. The number of piperazine rings is 1. The second kappa shape index (κ2) is 4.14. The summed E-state index contributed by atoms with van der Waals surface area (Å²) in [6.07, 6.45) is 2.13. The van der Waals surface area contributed by atoms with Crippen molar-refractivity contribution in [3.8, 4) is 0 Å². The normalized spacial score (nSPS) is 32.5. The zero-order valence-corrected chi connectivity index (χ0v) is 7.66. The second-order valence-corrected chi connectivity index (χ2v) is 2.80. The minimum absolute atomic E-state index is 0. The van der Waals surface area contributed by atoms with Crippen LogP contribution >= 0.6 is 24.8 Å². The molecule has 1 N–H and O–H groups in total. The van der Waals surface area contributed by atoms with Crippen molar-refractivity contribution in [2.75, 3.05) is 13.1 Å². The van der Waals surface area contributed by atoms with Gasteiger partial charge in [0.05, 0.1) is 0 Å². The highest BCUT2D eigenvalue weighted by Crippen LogP contribution is 2.20. The van der Waals surface area contributed by atoms with Gasteiger partial charge >= 0.3 is 0 Å². The van der Waals surface area contributed by atoms with Crippen molar-refractivity contribution in [3.63, 3.8) is 0 Å². The number of fused-ring (bicyclic) bond motifs is 2. The molecule has 1 amide bonds. The van der Waals surface area contributed by atoms with Gasteiger partial charge < -0.3 is 10.2 Å². The lowest BCUT2D eigenvalue weighted by molar-refractivity contribution is -0.119. The first-order valence-corrected chi connectivity index (χ1v) is 3.34. The van der Waals surface area contributed by atoms with E-state index in [0.717, 1.165) is 19.5 Å². The maximum Gasteiger partial charge on any atom is 0.210 e. The fourth-order valence-electron chi connectivity index (χ4n) is 1.72. The summed E-state index contributed by atoms with van der Waals surface area (Å²) in [5.41, 5.74) is 0. The molecule has 2 atom stereocenters. The lowest BCUT2D eigenvalue weighted by Crippen LogP contribution is -2.42. The summed E-state index contributed by atoms with van der Waals surface area (Å²) >= 11 is 0. The minimum Gasteiger partial charge on any atom is -0.339 e. The third-order valence-electron chi connectivity index (χ3n) is 2.23. The van der Waals surface area contributed by atoms with Gasteiger partial charge in [0.15, 0.2) is 0 Å². The van der Waals surface area contributed by atoms with Crippen molar-refractivity contribution in [2.24, 2.45) is 0 Å². The highest BCUT2D eigenvalue weighted by atomic mass is 35.5. The maximum absolute atomic E-state index is 10.3. The van der Waals surface area contributed by atoms with Crippen LogP contribution in [-0.4, -0.2) is 36.5 Å². The quantitative estimate of drug-likeness (QED) is 0.604. The van der Waals surface area contributed by atoms with E-state index >= 15 is 0 Å². The smallest absolute Gasteiger partial charge is 0.210 e. The molecule has 2 aliphatic heterocycles. The molecule has 2 rings (SSSR count). The number of nitrogens with one attached hydrogen (secondary N) is 1. The Morgan fingerprint density at radius 3 is 2.45 bits per heavy atom. The van der Waals surface area contributed by atoms with Crippen molar-refractivity contribution >= 4 is 31.2 Å². The van der Waals surface area contributed by atoms with Gasteiger partial charge in [0.2, 0.25) is 6.41 Å². The number of hydrogen-bond donors (Lipinski definition) is 1. The van der Waals surface area contributed by atoms with Crippen molar-refractivity contribution in [1.29, 1.82) is 0 Å². The number of hydrogen-bond acceptors (Lipinski definition) is 2. The lowest BCUT2D eigenvalue weighted by atomic mass is 10.2.